The Bertz CT molecular complexity index is 233. The van der Waals surface area contributed by atoms with Crippen LogP contribution in [0.4, 0.5) is 0 Å². The van der Waals surface area contributed by atoms with E-state index in [1.165, 1.54) is 0 Å². The summed E-state index contributed by atoms with van der Waals surface area (Å²) in [4.78, 5) is 29.4. The van der Waals surface area contributed by atoms with E-state index in [-0.39, 0.29) is 6.42 Å². The highest BCUT2D eigenvalue weighted by Gasteiger charge is 2.36. The van der Waals surface area contributed by atoms with Crippen molar-refractivity contribution in [3.63, 3.8) is 0 Å². The molecule has 1 atom stereocenters. The Kier molecular flexibility index (Phi) is 4.39. The lowest BCUT2D eigenvalue weighted by atomic mass is 10.2. The van der Waals surface area contributed by atoms with Crippen molar-refractivity contribution in [2.45, 2.75) is 18.2 Å². The van der Waals surface area contributed by atoms with Crippen molar-refractivity contribution in [2.75, 3.05) is 6.54 Å². The number of carboxylic acids is 1. The monoisotopic (exact) mass is 206 g/mol. The van der Waals surface area contributed by atoms with Crippen LogP contribution in [-0.2, 0) is 9.59 Å². The number of nitrogens with one attached hydrogen (secondary N) is 1. The molecular formula is C6H10N2O4S. The van der Waals surface area contributed by atoms with Crippen molar-refractivity contribution in [3.8, 4) is 0 Å². The molecule has 0 aromatic heterocycles. The first-order valence-electron chi connectivity index (χ1n) is 3.52. The number of hydrogen-bond acceptors (Lipinski definition) is 5. The Morgan fingerprint density at radius 2 is 2.15 bits per heavy atom. The van der Waals surface area contributed by atoms with Crippen LogP contribution < -0.4 is 5.32 Å². The third-order valence-electron chi connectivity index (χ3n) is 1.31. The molecule has 2 N–H and O–H groups in total. The first-order chi connectivity index (χ1) is 5.96. The van der Waals surface area contributed by atoms with Gasteiger partial charge in [-0.25, -0.2) is 4.79 Å². The maximum atomic E-state index is 10.8. The zero-order valence-electron chi connectivity index (χ0n) is 6.98. The van der Waals surface area contributed by atoms with Crippen molar-refractivity contribution in [1.29, 1.82) is 0 Å². The molecule has 0 saturated carbocycles. The van der Waals surface area contributed by atoms with Crippen molar-refractivity contribution >= 4 is 24.5 Å². The summed E-state index contributed by atoms with van der Waals surface area (Å²) in [5.41, 5.74) is 0. The van der Waals surface area contributed by atoms with E-state index in [0.29, 0.717) is 0 Å². The molecule has 0 rings (SSSR count). The van der Waals surface area contributed by atoms with Crippen LogP contribution in [0.15, 0.2) is 5.18 Å². The molecule has 0 aliphatic heterocycles. The molecule has 0 aliphatic carbocycles. The van der Waals surface area contributed by atoms with Crippen molar-refractivity contribution in [3.05, 3.63) is 4.91 Å². The fourth-order valence-electron chi connectivity index (χ4n) is 0.573. The van der Waals surface area contributed by atoms with Gasteiger partial charge in [-0.1, -0.05) is 12.1 Å². The van der Waals surface area contributed by atoms with Crippen molar-refractivity contribution < 1.29 is 14.7 Å². The molecule has 13 heavy (non-hydrogen) atoms. The molecule has 7 heteroatoms. The summed E-state index contributed by atoms with van der Waals surface area (Å²) in [5, 5.41) is 13.1. The summed E-state index contributed by atoms with van der Waals surface area (Å²) in [6, 6.07) is 0. The molecule has 0 fully saturated rings. The maximum Gasteiger partial charge on any atom is 0.341 e. The predicted octanol–water partition coefficient (Wildman–Crippen LogP) is -0.0103. The Morgan fingerprint density at radius 3 is 2.46 bits per heavy atom. The Hall–Kier alpha value is -1.11. The fraction of sp³-hybridized carbons (Fsp3) is 0.667. The number of nitroso groups, excluding NO2 is 1. The van der Waals surface area contributed by atoms with Gasteiger partial charge in [-0.2, -0.15) is 4.91 Å². The highest BCUT2D eigenvalue weighted by atomic mass is 32.1. The van der Waals surface area contributed by atoms with Gasteiger partial charge in [-0.05, 0) is 0 Å². The van der Waals surface area contributed by atoms with Gasteiger partial charge in [-0.3, -0.25) is 4.79 Å². The third kappa shape index (κ3) is 3.41. The van der Waals surface area contributed by atoms with E-state index in [0.717, 1.165) is 0 Å². The van der Waals surface area contributed by atoms with E-state index in [9.17, 15) is 14.5 Å². The predicted molar refractivity (Wildman–Crippen MR) is 48.4 cm³/mol. The molecule has 1 amide bonds. The Morgan fingerprint density at radius 1 is 1.62 bits per heavy atom. The van der Waals surface area contributed by atoms with Gasteiger partial charge in [-0.15, -0.1) is 12.6 Å². The largest absolute Gasteiger partial charge is 0.479 e. The zero-order chi connectivity index (χ0) is 10.5. The van der Waals surface area contributed by atoms with E-state index >= 15 is 0 Å². The van der Waals surface area contributed by atoms with Crippen LogP contribution in [0, 0.1) is 4.91 Å². The molecule has 0 saturated heterocycles. The lowest BCUT2D eigenvalue weighted by molar-refractivity contribution is -0.142. The van der Waals surface area contributed by atoms with Gasteiger partial charge in [0.2, 0.25) is 10.8 Å². The molecule has 0 bridgehead atoms. The van der Waals surface area contributed by atoms with Gasteiger partial charge in [0.25, 0.3) is 0 Å². The maximum absolute atomic E-state index is 10.8. The second-order valence-corrected chi connectivity index (χ2v) is 3.12. The van der Waals surface area contributed by atoms with Gasteiger partial charge in [0.05, 0.1) is 0 Å². The van der Waals surface area contributed by atoms with E-state index in [2.05, 4.69) is 23.1 Å². The standard InChI is InChI=1S/C6H10N2O4S/c1-2-4(9)8-6(13,3-7-12)5(10)11/h13H,2-3H2,1H3,(H,8,9)(H,10,11). The highest BCUT2D eigenvalue weighted by molar-refractivity contribution is 7.82. The number of hydrogen-bond donors (Lipinski definition) is 3. The zero-order valence-corrected chi connectivity index (χ0v) is 7.88. The van der Waals surface area contributed by atoms with Crippen molar-refractivity contribution in [2.24, 2.45) is 5.18 Å². The molecule has 0 aliphatic rings. The lowest BCUT2D eigenvalue weighted by Crippen LogP contribution is -2.52. The minimum absolute atomic E-state index is 0.119. The number of rotatable bonds is 5. The number of carbonyl (C=O) groups is 2. The Balaban J connectivity index is 4.49. The summed E-state index contributed by atoms with van der Waals surface area (Å²) in [6.45, 7) is 0.941. The van der Waals surface area contributed by atoms with Crippen LogP contribution in [0.5, 0.6) is 0 Å². The highest BCUT2D eigenvalue weighted by Crippen LogP contribution is 2.11. The average molecular weight is 206 g/mol. The van der Waals surface area contributed by atoms with Crippen LogP contribution in [0.2, 0.25) is 0 Å². The molecular weight excluding hydrogens is 196 g/mol. The molecule has 0 aromatic carbocycles. The number of carbonyl (C=O) groups excluding carboxylic acids is 1. The number of aliphatic carboxylic acids is 1. The second-order valence-electron chi connectivity index (χ2n) is 2.35. The van der Waals surface area contributed by atoms with E-state index in [1.807, 2.05) is 0 Å². The topological polar surface area (TPSA) is 95.8 Å². The quantitative estimate of drug-likeness (QED) is 0.335. The molecule has 0 aromatic rings. The molecule has 1 unspecified atom stereocenters. The van der Waals surface area contributed by atoms with E-state index in [4.69, 9.17) is 5.11 Å². The molecule has 0 radical (unpaired) electrons. The summed E-state index contributed by atoms with van der Waals surface area (Å²) in [5.74, 6) is -1.90. The number of nitrogens with zero attached hydrogens (tertiary/aromatic N) is 1. The van der Waals surface area contributed by atoms with Gasteiger partial charge < -0.3 is 10.4 Å². The molecule has 0 spiro atoms. The van der Waals surface area contributed by atoms with Gasteiger partial charge in [0.15, 0.2) is 0 Å². The smallest absolute Gasteiger partial charge is 0.341 e. The minimum atomic E-state index is -1.89. The first kappa shape index (κ1) is 11.9. The number of carboxylic acid groups (broad SMARTS) is 1. The van der Waals surface area contributed by atoms with Gasteiger partial charge >= 0.3 is 5.97 Å². The molecule has 74 valence electrons. The second kappa shape index (κ2) is 4.80. The molecule has 0 heterocycles. The van der Waals surface area contributed by atoms with Gasteiger partial charge in [0.1, 0.15) is 6.54 Å². The molecule has 6 nitrogen and oxygen atoms in total. The first-order valence-corrected chi connectivity index (χ1v) is 3.97. The van der Waals surface area contributed by atoms with Crippen molar-refractivity contribution in [1.82, 2.24) is 5.32 Å². The fourth-order valence-corrected chi connectivity index (χ4v) is 0.756. The summed E-state index contributed by atoms with van der Waals surface area (Å²) in [7, 11) is 0. The summed E-state index contributed by atoms with van der Waals surface area (Å²) >= 11 is 3.66. The normalized spacial score (nSPS) is 14.3. The van der Waals surface area contributed by atoms with E-state index in [1.54, 1.807) is 6.92 Å². The van der Waals surface area contributed by atoms with Crippen LogP contribution in [0.25, 0.3) is 0 Å². The summed E-state index contributed by atoms with van der Waals surface area (Å²) < 4.78 is 0. The van der Waals surface area contributed by atoms with Crippen LogP contribution >= 0.6 is 12.6 Å². The van der Waals surface area contributed by atoms with E-state index < -0.39 is 23.3 Å². The van der Waals surface area contributed by atoms with Gasteiger partial charge in [0, 0.05) is 6.42 Å². The third-order valence-corrected chi connectivity index (χ3v) is 1.76. The van der Waals surface area contributed by atoms with Crippen LogP contribution in [0.3, 0.4) is 0 Å². The summed E-state index contributed by atoms with van der Waals surface area (Å²) in [6.07, 6.45) is 0.119. The van der Waals surface area contributed by atoms with Crippen LogP contribution in [0.1, 0.15) is 13.3 Å². The lowest BCUT2D eigenvalue weighted by Gasteiger charge is -2.21. The Labute approximate surface area is 80.1 Å². The SMILES string of the molecule is CCC(=O)NC(S)(CN=O)C(=O)O. The van der Waals surface area contributed by atoms with Crippen LogP contribution in [-0.4, -0.2) is 28.4 Å². The average Bonchev–Trinajstić information content (AvgIpc) is 2.04. The minimum Gasteiger partial charge on any atom is -0.479 e. The number of thiol groups is 1. The number of amides is 1.